The number of aromatic nitrogens is 3. The number of esters is 1. The SMILES string of the molecule is CCOC(=O)Cc1ccccc1OCc1nn(-c2ccncc2)c2ccc(-c3cccc(CN)c3)cc12. The number of nitrogens with two attached hydrogens (primary N) is 1. The van der Waals surface area contributed by atoms with Gasteiger partial charge in [-0.05, 0) is 60.0 Å². The molecule has 0 fully saturated rings. The molecule has 5 aromatic rings. The third kappa shape index (κ3) is 5.37. The van der Waals surface area contributed by atoms with Gasteiger partial charge in [-0.3, -0.25) is 9.78 Å². The van der Waals surface area contributed by atoms with E-state index in [0.29, 0.717) is 18.9 Å². The van der Waals surface area contributed by atoms with Gasteiger partial charge in [-0.2, -0.15) is 5.10 Å². The van der Waals surface area contributed by atoms with Crippen LogP contribution < -0.4 is 10.5 Å². The van der Waals surface area contributed by atoms with Crippen LogP contribution >= 0.6 is 0 Å². The van der Waals surface area contributed by atoms with Gasteiger partial charge < -0.3 is 15.2 Å². The summed E-state index contributed by atoms with van der Waals surface area (Å²) in [5.41, 5.74) is 12.5. The monoisotopic (exact) mass is 492 g/mol. The third-order valence-electron chi connectivity index (χ3n) is 6.14. The Morgan fingerprint density at radius 3 is 2.57 bits per heavy atom. The Labute approximate surface area is 215 Å². The zero-order valence-corrected chi connectivity index (χ0v) is 20.6. The van der Waals surface area contributed by atoms with Crippen LogP contribution in [0.1, 0.15) is 23.7 Å². The maximum Gasteiger partial charge on any atom is 0.310 e. The largest absolute Gasteiger partial charge is 0.487 e. The molecule has 0 unspecified atom stereocenters. The lowest BCUT2D eigenvalue weighted by Gasteiger charge is -2.10. The summed E-state index contributed by atoms with van der Waals surface area (Å²) >= 11 is 0. The highest BCUT2D eigenvalue weighted by Crippen LogP contribution is 2.30. The van der Waals surface area contributed by atoms with Crippen LogP contribution in [0.4, 0.5) is 0 Å². The van der Waals surface area contributed by atoms with Crippen LogP contribution in [0.3, 0.4) is 0 Å². The molecule has 0 saturated heterocycles. The first-order valence-corrected chi connectivity index (χ1v) is 12.2. The molecule has 0 saturated carbocycles. The van der Waals surface area contributed by atoms with Crippen molar-refractivity contribution in [2.24, 2.45) is 5.73 Å². The highest BCUT2D eigenvalue weighted by molar-refractivity contribution is 5.88. The van der Waals surface area contributed by atoms with E-state index in [4.69, 9.17) is 20.3 Å². The summed E-state index contributed by atoms with van der Waals surface area (Å²) in [5, 5.41) is 5.90. The van der Waals surface area contributed by atoms with Gasteiger partial charge >= 0.3 is 5.97 Å². The number of hydrogen-bond acceptors (Lipinski definition) is 6. The molecule has 0 atom stereocenters. The highest BCUT2D eigenvalue weighted by atomic mass is 16.5. The fourth-order valence-electron chi connectivity index (χ4n) is 4.33. The van der Waals surface area contributed by atoms with Crippen molar-refractivity contribution in [3.63, 3.8) is 0 Å². The summed E-state index contributed by atoms with van der Waals surface area (Å²) in [6, 6.07) is 25.9. The number of fused-ring (bicyclic) bond motifs is 1. The number of hydrogen-bond donors (Lipinski definition) is 1. The first-order chi connectivity index (χ1) is 18.2. The Hall–Kier alpha value is -4.49. The van der Waals surface area contributed by atoms with Gasteiger partial charge in [0, 0.05) is 29.9 Å². The van der Waals surface area contributed by atoms with E-state index in [1.54, 1.807) is 19.3 Å². The molecule has 5 rings (SSSR count). The number of nitrogens with zero attached hydrogens (tertiary/aromatic N) is 3. The zero-order valence-electron chi connectivity index (χ0n) is 20.6. The van der Waals surface area contributed by atoms with Gasteiger partial charge in [-0.25, -0.2) is 4.68 Å². The molecule has 3 aromatic carbocycles. The van der Waals surface area contributed by atoms with E-state index < -0.39 is 0 Å². The molecule has 2 aromatic heterocycles. The first-order valence-electron chi connectivity index (χ1n) is 12.2. The van der Waals surface area contributed by atoms with E-state index in [9.17, 15) is 4.79 Å². The van der Waals surface area contributed by atoms with E-state index >= 15 is 0 Å². The molecule has 2 N–H and O–H groups in total. The number of ether oxygens (including phenoxy) is 2. The van der Waals surface area contributed by atoms with Crippen LogP contribution in [0.25, 0.3) is 27.7 Å². The molecule has 0 aliphatic carbocycles. The number of carbonyl (C=O) groups excluding carboxylic acids is 1. The second-order valence-corrected chi connectivity index (χ2v) is 8.58. The van der Waals surface area contributed by atoms with E-state index in [0.717, 1.165) is 44.5 Å². The molecule has 0 bridgehead atoms. The topological polar surface area (TPSA) is 92.3 Å². The second kappa shape index (κ2) is 11.1. The maximum absolute atomic E-state index is 12.1. The van der Waals surface area contributed by atoms with E-state index in [2.05, 4.69) is 35.3 Å². The number of rotatable bonds is 9. The van der Waals surface area contributed by atoms with Crippen LogP contribution in [-0.2, 0) is 29.1 Å². The lowest BCUT2D eigenvalue weighted by molar-refractivity contribution is -0.142. The van der Waals surface area contributed by atoms with E-state index in [1.807, 2.05) is 53.2 Å². The van der Waals surface area contributed by atoms with Crippen molar-refractivity contribution in [3.05, 3.63) is 108 Å². The second-order valence-electron chi connectivity index (χ2n) is 8.58. The average molecular weight is 493 g/mol. The van der Waals surface area contributed by atoms with Gasteiger partial charge in [-0.1, -0.05) is 42.5 Å². The van der Waals surface area contributed by atoms with E-state index in [1.165, 1.54) is 0 Å². The molecule has 0 aliphatic heterocycles. The Morgan fingerprint density at radius 1 is 0.946 bits per heavy atom. The first kappa shape index (κ1) is 24.2. The molecule has 7 heteroatoms. The molecular formula is C30H28N4O3. The predicted octanol–water partition coefficient (Wildman–Crippen LogP) is 5.23. The molecule has 2 heterocycles. The summed E-state index contributed by atoms with van der Waals surface area (Å²) in [7, 11) is 0. The quantitative estimate of drug-likeness (QED) is 0.283. The third-order valence-corrected chi connectivity index (χ3v) is 6.14. The van der Waals surface area contributed by atoms with Gasteiger partial charge in [0.25, 0.3) is 0 Å². The smallest absolute Gasteiger partial charge is 0.310 e. The molecule has 37 heavy (non-hydrogen) atoms. The molecule has 0 radical (unpaired) electrons. The van der Waals surface area contributed by atoms with Crippen LogP contribution in [0.15, 0.2) is 91.3 Å². The van der Waals surface area contributed by atoms with Gasteiger partial charge in [0.2, 0.25) is 0 Å². The summed E-state index contributed by atoms with van der Waals surface area (Å²) in [6.07, 6.45) is 3.65. The minimum atomic E-state index is -0.282. The summed E-state index contributed by atoms with van der Waals surface area (Å²) in [5.74, 6) is 0.351. The normalized spacial score (nSPS) is 11.0. The van der Waals surface area contributed by atoms with Crippen LogP contribution in [-0.4, -0.2) is 27.3 Å². The minimum Gasteiger partial charge on any atom is -0.487 e. The fraction of sp³-hybridized carbons (Fsp3) is 0.167. The van der Waals surface area contributed by atoms with Gasteiger partial charge in [0.05, 0.1) is 24.2 Å². The lowest BCUT2D eigenvalue weighted by Crippen LogP contribution is -2.09. The van der Waals surface area contributed by atoms with Crippen LogP contribution in [0, 0.1) is 0 Å². The summed E-state index contributed by atoms with van der Waals surface area (Å²) < 4.78 is 13.3. The molecule has 186 valence electrons. The molecule has 0 spiro atoms. The molecule has 7 nitrogen and oxygen atoms in total. The van der Waals surface area contributed by atoms with Crippen LogP contribution in [0.2, 0.25) is 0 Å². The fourth-order valence-corrected chi connectivity index (χ4v) is 4.33. The lowest BCUT2D eigenvalue weighted by atomic mass is 10.0. The van der Waals surface area contributed by atoms with Crippen molar-refractivity contribution < 1.29 is 14.3 Å². The van der Waals surface area contributed by atoms with Gasteiger partial charge in [-0.15, -0.1) is 0 Å². The van der Waals surface area contributed by atoms with Crippen molar-refractivity contribution in [1.82, 2.24) is 14.8 Å². The standard InChI is InChI=1S/C30H28N4O3/c1-2-36-30(35)18-24-7-3-4-9-29(24)37-20-27-26-17-23(22-8-5-6-21(16-22)19-31)10-11-28(26)34(33-27)25-12-14-32-15-13-25/h3-17H,2,18-20,31H2,1H3. The number of benzene rings is 3. The Bertz CT molecular complexity index is 1530. The number of pyridine rings is 1. The predicted molar refractivity (Wildman–Crippen MR) is 143 cm³/mol. The summed E-state index contributed by atoms with van der Waals surface area (Å²) in [6.45, 7) is 2.86. The van der Waals surface area contributed by atoms with Gasteiger partial charge in [0.1, 0.15) is 18.1 Å². The molecular weight excluding hydrogens is 464 g/mol. The van der Waals surface area contributed by atoms with Crippen molar-refractivity contribution >= 4 is 16.9 Å². The molecule has 0 amide bonds. The van der Waals surface area contributed by atoms with E-state index in [-0.39, 0.29) is 19.0 Å². The Morgan fingerprint density at radius 2 is 1.76 bits per heavy atom. The van der Waals surface area contributed by atoms with Crippen LogP contribution in [0.5, 0.6) is 5.75 Å². The Kier molecular flexibility index (Phi) is 7.23. The van der Waals surface area contributed by atoms with Gasteiger partial charge in [0.15, 0.2) is 0 Å². The maximum atomic E-state index is 12.1. The average Bonchev–Trinajstić information content (AvgIpc) is 3.31. The number of para-hydroxylation sites is 1. The highest BCUT2D eigenvalue weighted by Gasteiger charge is 2.16. The van der Waals surface area contributed by atoms with Crippen molar-refractivity contribution in [2.75, 3.05) is 6.61 Å². The van der Waals surface area contributed by atoms with Crippen molar-refractivity contribution in [3.8, 4) is 22.6 Å². The van der Waals surface area contributed by atoms with Crippen molar-refractivity contribution in [2.45, 2.75) is 26.5 Å². The minimum absolute atomic E-state index is 0.151. The van der Waals surface area contributed by atoms with Crippen molar-refractivity contribution in [1.29, 1.82) is 0 Å². The number of carbonyl (C=O) groups is 1. The molecule has 0 aliphatic rings. The summed E-state index contributed by atoms with van der Waals surface area (Å²) in [4.78, 5) is 16.2. The Balaban J connectivity index is 1.53. The zero-order chi connectivity index (χ0) is 25.6.